The number of carbonyl (C=O) groups is 1. The van der Waals surface area contributed by atoms with Crippen molar-refractivity contribution in [1.82, 2.24) is 19.4 Å². The number of aromatic nitrogens is 3. The lowest BCUT2D eigenvalue weighted by molar-refractivity contribution is 0.0390. The lowest BCUT2D eigenvalue weighted by atomic mass is 10.1. The molecule has 0 radical (unpaired) electrons. The van der Waals surface area contributed by atoms with Gasteiger partial charge in [0.1, 0.15) is 0 Å². The third-order valence-corrected chi connectivity index (χ3v) is 6.38. The summed E-state index contributed by atoms with van der Waals surface area (Å²) < 4.78 is 8.33. The number of ether oxygens (including phenoxy) is 1. The summed E-state index contributed by atoms with van der Waals surface area (Å²) in [6, 6.07) is 4.19. The summed E-state index contributed by atoms with van der Waals surface area (Å²) >= 11 is 1.58. The Morgan fingerprint density at radius 2 is 2.00 bits per heavy atom. The van der Waals surface area contributed by atoms with Crippen molar-refractivity contribution < 1.29 is 9.53 Å². The maximum Gasteiger partial charge on any atom is 0.296 e. The minimum atomic E-state index is -0.116. The molecular formula is C20H25N5O2S. The van der Waals surface area contributed by atoms with Crippen molar-refractivity contribution in [3.8, 4) is 0 Å². The van der Waals surface area contributed by atoms with Gasteiger partial charge < -0.3 is 9.30 Å². The van der Waals surface area contributed by atoms with Crippen LogP contribution < -0.4 is 4.90 Å². The molecule has 0 spiro atoms. The SMILES string of the molecule is Cc1ccc(C)c2sc(N(CCN3CCOCC3)C(=O)c3nccn3C)nc12. The predicted molar refractivity (Wildman–Crippen MR) is 111 cm³/mol. The molecule has 1 amide bonds. The van der Waals surface area contributed by atoms with Crippen LogP contribution in [0.2, 0.25) is 0 Å². The highest BCUT2D eigenvalue weighted by atomic mass is 32.1. The van der Waals surface area contributed by atoms with Crippen molar-refractivity contribution in [1.29, 1.82) is 0 Å². The van der Waals surface area contributed by atoms with Crippen LogP contribution in [0.4, 0.5) is 5.13 Å². The third kappa shape index (κ3) is 3.67. The normalized spacial score (nSPS) is 15.2. The largest absolute Gasteiger partial charge is 0.379 e. The number of fused-ring (bicyclic) bond motifs is 1. The number of nitrogens with zero attached hydrogens (tertiary/aromatic N) is 5. The van der Waals surface area contributed by atoms with Crippen molar-refractivity contribution in [3.05, 3.63) is 41.5 Å². The molecule has 0 bridgehead atoms. The first kappa shape index (κ1) is 19.0. The van der Waals surface area contributed by atoms with Gasteiger partial charge in [-0.2, -0.15) is 0 Å². The molecule has 8 heteroatoms. The van der Waals surface area contributed by atoms with Gasteiger partial charge in [-0.1, -0.05) is 23.5 Å². The quantitative estimate of drug-likeness (QED) is 0.660. The summed E-state index contributed by atoms with van der Waals surface area (Å²) in [6.07, 6.45) is 3.44. The zero-order valence-electron chi connectivity index (χ0n) is 16.5. The molecule has 2 aromatic heterocycles. The van der Waals surface area contributed by atoms with Gasteiger partial charge in [0, 0.05) is 45.6 Å². The maximum atomic E-state index is 13.3. The van der Waals surface area contributed by atoms with Crippen LogP contribution in [0.25, 0.3) is 10.2 Å². The Balaban J connectivity index is 1.67. The fourth-order valence-corrected chi connectivity index (χ4v) is 4.54. The molecule has 0 unspecified atom stereocenters. The average Bonchev–Trinajstić information content (AvgIpc) is 3.33. The molecule has 1 fully saturated rings. The van der Waals surface area contributed by atoms with Crippen LogP contribution in [-0.4, -0.2) is 64.7 Å². The van der Waals surface area contributed by atoms with E-state index >= 15 is 0 Å². The Labute approximate surface area is 168 Å². The van der Waals surface area contributed by atoms with Crippen LogP contribution in [-0.2, 0) is 11.8 Å². The maximum absolute atomic E-state index is 13.3. The standard InChI is InChI=1S/C20H25N5O2S/c1-14-4-5-15(2)17-16(14)22-20(28-17)25(9-8-24-10-12-27-13-11-24)19(26)18-21-6-7-23(18)3/h4-7H,8-13H2,1-3H3. The minimum Gasteiger partial charge on any atom is -0.379 e. The molecule has 1 aliphatic rings. The summed E-state index contributed by atoms with van der Waals surface area (Å²) in [5.74, 6) is 0.310. The number of amides is 1. The minimum absolute atomic E-state index is 0.116. The average molecular weight is 400 g/mol. The molecule has 0 N–H and O–H groups in total. The number of carbonyl (C=O) groups excluding carboxylic acids is 1. The van der Waals surface area contributed by atoms with Gasteiger partial charge in [0.15, 0.2) is 11.0 Å². The molecule has 1 aliphatic heterocycles. The predicted octanol–water partition coefficient (Wildman–Crippen LogP) is 2.63. The highest BCUT2D eigenvalue weighted by molar-refractivity contribution is 7.22. The number of anilines is 1. The van der Waals surface area contributed by atoms with E-state index in [2.05, 4.69) is 35.9 Å². The molecule has 1 saturated heterocycles. The number of aryl methyl sites for hydroxylation is 3. The topological polar surface area (TPSA) is 63.5 Å². The van der Waals surface area contributed by atoms with E-state index < -0.39 is 0 Å². The molecule has 0 aliphatic carbocycles. The Hall–Kier alpha value is -2.29. The second-order valence-corrected chi connectivity index (χ2v) is 8.12. The van der Waals surface area contributed by atoms with E-state index in [4.69, 9.17) is 9.72 Å². The fourth-order valence-electron chi connectivity index (χ4n) is 3.41. The summed E-state index contributed by atoms with van der Waals surface area (Å²) in [6.45, 7) is 8.77. The molecule has 0 saturated carbocycles. The molecule has 28 heavy (non-hydrogen) atoms. The molecule has 0 atom stereocenters. The second-order valence-electron chi connectivity index (χ2n) is 7.15. The Kier molecular flexibility index (Phi) is 5.43. The number of rotatable bonds is 5. The number of thiazole rings is 1. The van der Waals surface area contributed by atoms with Gasteiger partial charge in [-0.25, -0.2) is 9.97 Å². The van der Waals surface area contributed by atoms with E-state index in [0.29, 0.717) is 12.4 Å². The van der Waals surface area contributed by atoms with E-state index in [1.54, 1.807) is 33.2 Å². The summed E-state index contributed by atoms with van der Waals surface area (Å²) in [7, 11) is 1.84. The van der Waals surface area contributed by atoms with Gasteiger partial charge in [-0.15, -0.1) is 0 Å². The lowest BCUT2D eigenvalue weighted by Crippen LogP contribution is -2.43. The van der Waals surface area contributed by atoms with Crippen molar-refractivity contribution in [2.45, 2.75) is 13.8 Å². The summed E-state index contributed by atoms with van der Waals surface area (Å²) in [5, 5.41) is 0.730. The highest BCUT2D eigenvalue weighted by Gasteiger charge is 2.25. The smallest absolute Gasteiger partial charge is 0.296 e. The first-order valence-corrected chi connectivity index (χ1v) is 10.3. The van der Waals surface area contributed by atoms with Gasteiger partial charge in [0.25, 0.3) is 5.91 Å². The highest BCUT2D eigenvalue weighted by Crippen LogP contribution is 2.33. The molecule has 148 valence electrons. The van der Waals surface area contributed by atoms with Crippen molar-refractivity contribution in [2.24, 2.45) is 7.05 Å². The number of benzene rings is 1. The van der Waals surface area contributed by atoms with Gasteiger partial charge in [0.05, 0.1) is 23.4 Å². The monoisotopic (exact) mass is 399 g/mol. The van der Waals surface area contributed by atoms with E-state index in [1.165, 1.54) is 5.56 Å². The molecule has 3 heterocycles. The molecule has 3 aromatic rings. The fraction of sp³-hybridized carbons (Fsp3) is 0.450. The number of morpholine rings is 1. The first-order chi connectivity index (χ1) is 13.5. The van der Waals surface area contributed by atoms with Crippen LogP contribution in [0.3, 0.4) is 0 Å². The Morgan fingerprint density at radius 3 is 2.68 bits per heavy atom. The van der Waals surface area contributed by atoms with Crippen molar-refractivity contribution in [2.75, 3.05) is 44.3 Å². The zero-order valence-corrected chi connectivity index (χ0v) is 17.3. The number of imidazole rings is 1. The Morgan fingerprint density at radius 1 is 1.25 bits per heavy atom. The van der Waals surface area contributed by atoms with Crippen LogP contribution in [0, 0.1) is 13.8 Å². The van der Waals surface area contributed by atoms with Gasteiger partial charge in [-0.3, -0.25) is 14.6 Å². The summed E-state index contributed by atoms with van der Waals surface area (Å²) in [4.78, 5) is 26.5. The first-order valence-electron chi connectivity index (χ1n) is 9.50. The van der Waals surface area contributed by atoms with Gasteiger partial charge >= 0.3 is 0 Å². The van der Waals surface area contributed by atoms with Crippen molar-refractivity contribution >= 4 is 32.6 Å². The molecule has 4 rings (SSSR count). The molecule has 1 aromatic carbocycles. The van der Waals surface area contributed by atoms with E-state index in [1.807, 2.05) is 7.05 Å². The summed E-state index contributed by atoms with van der Waals surface area (Å²) in [5.41, 5.74) is 3.28. The number of hydrogen-bond donors (Lipinski definition) is 0. The van der Waals surface area contributed by atoms with Gasteiger partial charge in [-0.05, 0) is 25.0 Å². The van der Waals surface area contributed by atoms with E-state index in [9.17, 15) is 4.79 Å². The van der Waals surface area contributed by atoms with Crippen molar-refractivity contribution in [3.63, 3.8) is 0 Å². The lowest BCUT2D eigenvalue weighted by Gasteiger charge is -2.29. The van der Waals surface area contributed by atoms with Crippen LogP contribution in [0.5, 0.6) is 0 Å². The van der Waals surface area contributed by atoms with Gasteiger partial charge in [0.2, 0.25) is 0 Å². The Bertz CT molecular complexity index is 951. The van der Waals surface area contributed by atoms with Crippen LogP contribution in [0.1, 0.15) is 21.7 Å². The van der Waals surface area contributed by atoms with E-state index in [-0.39, 0.29) is 5.91 Å². The third-order valence-electron chi connectivity index (χ3n) is 5.16. The number of hydrogen-bond acceptors (Lipinski definition) is 6. The zero-order chi connectivity index (χ0) is 19.7. The molecular weight excluding hydrogens is 374 g/mol. The van der Waals surface area contributed by atoms with E-state index in [0.717, 1.165) is 53.8 Å². The second kappa shape index (κ2) is 7.98. The molecule has 7 nitrogen and oxygen atoms in total. The van der Waals surface area contributed by atoms with Crippen LogP contribution in [0.15, 0.2) is 24.5 Å². The van der Waals surface area contributed by atoms with Crippen LogP contribution >= 0.6 is 11.3 Å².